The number of nitrogens with two attached hydrogens (primary N) is 1. The summed E-state index contributed by atoms with van der Waals surface area (Å²) in [6.45, 7) is 0. The van der Waals surface area contributed by atoms with Crippen molar-refractivity contribution in [3.05, 3.63) is 103 Å². The van der Waals surface area contributed by atoms with Crippen LogP contribution >= 0.6 is 0 Å². The van der Waals surface area contributed by atoms with Gasteiger partial charge < -0.3 is 5.84 Å². The first-order valence-corrected chi connectivity index (χ1v) is 10.1. The van der Waals surface area contributed by atoms with E-state index in [4.69, 9.17) is 5.84 Å². The zero-order chi connectivity index (χ0) is 19.6. The van der Waals surface area contributed by atoms with E-state index in [9.17, 15) is 0 Å². The quantitative estimate of drug-likeness (QED) is 0.302. The monoisotopic (exact) mass is 374 g/mol. The molecule has 0 fully saturated rings. The number of rotatable bonds is 1. The van der Waals surface area contributed by atoms with Crippen molar-refractivity contribution >= 4 is 18.4 Å². The Hall–Kier alpha value is -3.57. The number of hydrogen-bond donors (Lipinski definition) is 1. The fraction of sp³-hybridized carbons (Fsp3) is 0.148. The van der Waals surface area contributed by atoms with E-state index in [2.05, 4.69) is 59.4 Å². The molecule has 0 heterocycles. The molecule has 3 aromatic rings. The van der Waals surface area contributed by atoms with Crippen LogP contribution in [0.25, 0.3) is 12.2 Å². The fourth-order valence-electron chi connectivity index (χ4n) is 4.43. The molecule has 2 aliphatic rings. The molecule has 0 bridgehead atoms. The highest BCUT2D eigenvalue weighted by Crippen LogP contribution is 2.17. The van der Waals surface area contributed by atoms with E-state index in [1.165, 1.54) is 45.7 Å². The number of fused-ring (bicyclic) bond motifs is 4. The summed E-state index contributed by atoms with van der Waals surface area (Å²) in [5.74, 6) is 11.9. The molecule has 0 amide bonds. The molecule has 0 unspecified atom stereocenters. The van der Waals surface area contributed by atoms with Gasteiger partial charge in [0.05, 0.1) is 6.21 Å². The van der Waals surface area contributed by atoms with Gasteiger partial charge in [-0.3, -0.25) is 0 Å². The van der Waals surface area contributed by atoms with Crippen molar-refractivity contribution in [3.63, 3.8) is 0 Å². The average molecular weight is 374 g/mol. The molecular weight excluding hydrogens is 352 g/mol. The molecule has 2 nitrogen and oxygen atoms in total. The van der Waals surface area contributed by atoms with Crippen LogP contribution in [0.3, 0.4) is 0 Å². The van der Waals surface area contributed by atoms with Crippen molar-refractivity contribution in [2.45, 2.75) is 25.7 Å². The van der Waals surface area contributed by atoms with Crippen molar-refractivity contribution in [1.29, 1.82) is 0 Å². The summed E-state index contributed by atoms with van der Waals surface area (Å²) in [6, 6.07) is 19.0. The third-order valence-electron chi connectivity index (χ3n) is 5.84. The van der Waals surface area contributed by atoms with Crippen LogP contribution in [0, 0.1) is 22.3 Å². The number of nitrogens with zero attached hydrogens (tertiary/aromatic N) is 1. The largest absolute Gasteiger partial charge is 0.323 e. The van der Waals surface area contributed by atoms with E-state index in [0.717, 1.165) is 23.1 Å². The second kappa shape index (κ2) is 7.45. The topological polar surface area (TPSA) is 38.4 Å². The van der Waals surface area contributed by atoms with Gasteiger partial charge in [0.15, 0.2) is 0 Å². The summed E-state index contributed by atoms with van der Waals surface area (Å²) >= 11 is 0. The van der Waals surface area contributed by atoms with Crippen LogP contribution in [0.1, 0.15) is 40.7 Å². The van der Waals surface area contributed by atoms with Crippen LogP contribution in [0.4, 0.5) is 0 Å². The zero-order valence-electron chi connectivity index (χ0n) is 16.3. The predicted octanol–water partition coefficient (Wildman–Crippen LogP) is 3.12. The molecule has 0 radical (unpaired) electrons. The van der Waals surface area contributed by atoms with Gasteiger partial charge in [-0.15, -0.1) is 0 Å². The van der Waals surface area contributed by atoms with Crippen molar-refractivity contribution in [1.82, 2.24) is 0 Å². The van der Waals surface area contributed by atoms with E-state index in [-0.39, 0.29) is 0 Å². The maximum absolute atomic E-state index is 5.21. The van der Waals surface area contributed by atoms with Gasteiger partial charge in [0.2, 0.25) is 0 Å². The lowest BCUT2D eigenvalue weighted by molar-refractivity contribution is 0.824. The Labute approximate surface area is 170 Å². The van der Waals surface area contributed by atoms with Crippen LogP contribution in [0.15, 0.2) is 59.7 Å². The third kappa shape index (κ3) is 3.26. The fourth-order valence-corrected chi connectivity index (χ4v) is 4.43. The maximum Gasteiger partial charge on any atom is 0.0538 e. The lowest BCUT2D eigenvalue weighted by atomic mass is 9.88. The first kappa shape index (κ1) is 17.5. The van der Waals surface area contributed by atoms with Crippen molar-refractivity contribution in [2.75, 3.05) is 0 Å². The molecule has 29 heavy (non-hydrogen) atoms. The van der Waals surface area contributed by atoms with Gasteiger partial charge in [0.1, 0.15) is 0 Å². The van der Waals surface area contributed by atoms with Gasteiger partial charge in [-0.05, 0) is 81.4 Å². The van der Waals surface area contributed by atoms with E-state index in [1.807, 2.05) is 24.3 Å². The lowest BCUT2D eigenvalue weighted by Gasteiger charge is -2.16. The highest BCUT2D eigenvalue weighted by molar-refractivity contribution is 5.79. The van der Waals surface area contributed by atoms with Gasteiger partial charge in [0, 0.05) is 11.1 Å². The Morgan fingerprint density at radius 1 is 0.862 bits per heavy atom. The molecule has 2 N–H and O–H groups in total. The second-order valence-electron chi connectivity index (χ2n) is 7.58. The summed E-state index contributed by atoms with van der Waals surface area (Å²) in [4.78, 5) is 0. The molecule has 140 valence electrons. The summed E-state index contributed by atoms with van der Waals surface area (Å²) in [5, 5.41) is 8.94. The average Bonchev–Trinajstić information content (AvgIpc) is 2.78. The molecule has 5 rings (SSSR count). The summed E-state index contributed by atoms with van der Waals surface area (Å²) < 4.78 is 0. The van der Waals surface area contributed by atoms with Crippen LogP contribution in [0.5, 0.6) is 0 Å². The number of hydrogen-bond acceptors (Lipinski definition) is 2. The first-order valence-electron chi connectivity index (χ1n) is 10.1. The number of benzene rings is 3. The molecule has 0 saturated heterocycles. The molecular formula is C27H22N2. The van der Waals surface area contributed by atoms with Crippen LogP contribution in [0.2, 0.25) is 0 Å². The Kier molecular flexibility index (Phi) is 4.50. The molecule has 0 spiro atoms. The highest BCUT2D eigenvalue weighted by atomic mass is 15.1. The second-order valence-corrected chi connectivity index (χ2v) is 7.58. The normalized spacial score (nSPS) is 13.9. The summed E-state index contributed by atoms with van der Waals surface area (Å²) in [5.41, 5.74) is 6.10. The minimum Gasteiger partial charge on any atom is -0.323 e. The maximum atomic E-state index is 5.21. The molecule has 2 heteroatoms. The standard InChI is InChI=1S/C27H22N2/c28-29-18-20-10-8-19(9-11-20)12-13-22-5-3-7-25-24(22)16-17-26-23-6-2-1-4-21(23)14-15-27(25)26/h3-5,7-11,14-16,18H,1-2,6,17,28H2. The molecule has 0 aromatic heterocycles. The first-order chi connectivity index (χ1) is 14.3. The minimum absolute atomic E-state index is 0.973. The van der Waals surface area contributed by atoms with Crippen LogP contribution < -0.4 is 16.3 Å². The molecule has 3 aromatic carbocycles. The van der Waals surface area contributed by atoms with E-state index in [0.29, 0.717) is 0 Å². The SMILES string of the molecule is NN=Cc1ccc(C#Cc2cccc3c2=CCc2c4c(ccc2=3)=CCCC4)cc1. The van der Waals surface area contributed by atoms with Gasteiger partial charge in [-0.2, -0.15) is 5.10 Å². The van der Waals surface area contributed by atoms with Crippen molar-refractivity contribution in [2.24, 2.45) is 10.9 Å². The van der Waals surface area contributed by atoms with Gasteiger partial charge in [-0.1, -0.05) is 60.4 Å². The van der Waals surface area contributed by atoms with E-state index >= 15 is 0 Å². The lowest BCUT2D eigenvalue weighted by Crippen LogP contribution is -2.20. The predicted molar refractivity (Wildman–Crippen MR) is 120 cm³/mol. The van der Waals surface area contributed by atoms with Gasteiger partial charge in [0.25, 0.3) is 0 Å². The van der Waals surface area contributed by atoms with E-state index in [1.54, 1.807) is 11.8 Å². The third-order valence-corrected chi connectivity index (χ3v) is 5.84. The van der Waals surface area contributed by atoms with Gasteiger partial charge >= 0.3 is 0 Å². The molecule has 0 aliphatic heterocycles. The molecule has 2 aliphatic carbocycles. The van der Waals surface area contributed by atoms with Crippen molar-refractivity contribution in [3.8, 4) is 11.8 Å². The summed E-state index contributed by atoms with van der Waals surface area (Å²) in [7, 11) is 0. The Balaban J connectivity index is 1.64. The smallest absolute Gasteiger partial charge is 0.0538 e. The Bertz CT molecular complexity index is 1400. The van der Waals surface area contributed by atoms with E-state index < -0.39 is 0 Å². The Morgan fingerprint density at radius 3 is 2.62 bits per heavy atom. The van der Waals surface area contributed by atoms with Crippen LogP contribution in [-0.2, 0) is 12.8 Å². The van der Waals surface area contributed by atoms with Gasteiger partial charge in [-0.25, -0.2) is 0 Å². The minimum atomic E-state index is 0.973. The van der Waals surface area contributed by atoms with Crippen LogP contribution in [-0.4, -0.2) is 6.21 Å². The zero-order valence-corrected chi connectivity index (χ0v) is 16.3. The Morgan fingerprint density at radius 2 is 1.76 bits per heavy atom. The summed E-state index contributed by atoms with van der Waals surface area (Å²) in [6.07, 6.45) is 11.0. The molecule has 0 atom stereocenters. The number of hydrazone groups is 1. The highest BCUT2D eigenvalue weighted by Gasteiger charge is 2.12. The van der Waals surface area contributed by atoms with Crippen molar-refractivity contribution < 1.29 is 0 Å². The molecule has 0 saturated carbocycles.